The van der Waals surface area contributed by atoms with Gasteiger partial charge < -0.3 is 15.8 Å². The maximum atomic E-state index is 12.2. The fraction of sp³-hybridized carbons (Fsp3) is 0.278. The molecule has 0 bridgehead atoms. The molecule has 0 saturated heterocycles. The smallest absolute Gasteiger partial charge is 0.228 e. The molecule has 0 aromatic heterocycles. The number of amides is 1. The molecule has 0 aliphatic carbocycles. The van der Waals surface area contributed by atoms with Crippen LogP contribution in [0.3, 0.4) is 0 Å². The summed E-state index contributed by atoms with van der Waals surface area (Å²) < 4.78 is 5.70. The molecular weight excluding hydrogens is 312 g/mol. The molecule has 5 heteroatoms. The summed E-state index contributed by atoms with van der Waals surface area (Å²) in [6.45, 7) is 4.68. The first kappa shape index (κ1) is 18.8. The van der Waals surface area contributed by atoms with Crippen molar-refractivity contribution in [1.82, 2.24) is 0 Å². The van der Waals surface area contributed by atoms with Gasteiger partial charge in [0.05, 0.1) is 18.7 Å². The average molecular weight is 335 g/mol. The highest BCUT2D eigenvalue weighted by molar-refractivity contribution is 5.93. The predicted octanol–water partition coefficient (Wildman–Crippen LogP) is 3.97. The lowest BCUT2D eigenvalue weighted by molar-refractivity contribution is -0.115. The third-order valence-electron chi connectivity index (χ3n) is 3.22. The molecule has 3 N–H and O–H groups in total. The van der Waals surface area contributed by atoms with Gasteiger partial charge in [-0.3, -0.25) is 4.79 Å². The summed E-state index contributed by atoms with van der Waals surface area (Å²) >= 11 is 0. The van der Waals surface area contributed by atoms with Crippen molar-refractivity contribution in [2.45, 2.75) is 26.7 Å². The van der Waals surface area contributed by atoms with Gasteiger partial charge in [-0.2, -0.15) is 0 Å². The van der Waals surface area contributed by atoms with Crippen molar-refractivity contribution in [2.75, 3.05) is 17.7 Å². The number of carbonyl (C=O) groups is 1. The maximum Gasteiger partial charge on any atom is 0.228 e. The zero-order chi connectivity index (χ0) is 15.9. The van der Waals surface area contributed by atoms with E-state index in [1.165, 1.54) is 0 Å². The van der Waals surface area contributed by atoms with Gasteiger partial charge in [-0.05, 0) is 48.7 Å². The standard InChI is InChI=1S/C18H22N2O2.ClH/c1-3-10-22-17-11-13(2)4-9-16(17)20-18(21)12-14-5-7-15(19)8-6-14;/h4-9,11H,3,10,12,19H2,1-2H3,(H,20,21);1H. The van der Waals surface area contributed by atoms with Gasteiger partial charge >= 0.3 is 0 Å². The van der Waals surface area contributed by atoms with Crippen molar-refractivity contribution in [3.8, 4) is 5.75 Å². The number of nitrogens with two attached hydrogens (primary N) is 1. The van der Waals surface area contributed by atoms with Crippen LogP contribution in [0.25, 0.3) is 0 Å². The molecule has 23 heavy (non-hydrogen) atoms. The lowest BCUT2D eigenvalue weighted by atomic mass is 10.1. The number of ether oxygens (including phenoxy) is 1. The second-order valence-electron chi connectivity index (χ2n) is 5.31. The Morgan fingerprint density at radius 3 is 2.52 bits per heavy atom. The van der Waals surface area contributed by atoms with E-state index in [2.05, 4.69) is 12.2 Å². The molecule has 0 heterocycles. The first-order valence-electron chi connectivity index (χ1n) is 7.46. The molecule has 124 valence electrons. The molecule has 0 aliphatic heterocycles. The maximum absolute atomic E-state index is 12.2. The van der Waals surface area contributed by atoms with E-state index in [0.717, 1.165) is 17.5 Å². The minimum absolute atomic E-state index is 0. The molecule has 0 unspecified atom stereocenters. The highest BCUT2D eigenvalue weighted by Gasteiger charge is 2.09. The average Bonchev–Trinajstić information content (AvgIpc) is 2.50. The molecule has 0 aliphatic rings. The van der Waals surface area contributed by atoms with Crippen LogP contribution in [-0.4, -0.2) is 12.5 Å². The largest absolute Gasteiger partial charge is 0.491 e. The number of hydrogen-bond acceptors (Lipinski definition) is 3. The highest BCUT2D eigenvalue weighted by Crippen LogP contribution is 2.26. The normalized spacial score (nSPS) is 9.83. The fourth-order valence-electron chi connectivity index (χ4n) is 2.08. The Balaban J connectivity index is 0.00000264. The van der Waals surface area contributed by atoms with Crippen LogP contribution in [0, 0.1) is 6.92 Å². The quantitative estimate of drug-likeness (QED) is 0.786. The summed E-state index contributed by atoms with van der Waals surface area (Å²) in [6.07, 6.45) is 1.23. The Labute approximate surface area is 143 Å². The van der Waals surface area contributed by atoms with E-state index in [1.807, 2.05) is 37.3 Å². The molecule has 1 amide bonds. The number of hydrogen-bond donors (Lipinski definition) is 2. The lowest BCUT2D eigenvalue weighted by Gasteiger charge is -2.13. The summed E-state index contributed by atoms with van der Waals surface area (Å²) in [4.78, 5) is 12.2. The number of benzene rings is 2. The van der Waals surface area contributed by atoms with E-state index < -0.39 is 0 Å². The van der Waals surface area contributed by atoms with Crippen LogP contribution >= 0.6 is 12.4 Å². The number of nitrogens with one attached hydrogen (secondary N) is 1. The second-order valence-corrected chi connectivity index (χ2v) is 5.31. The van der Waals surface area contributed by atoms with Gasteiger partial charge in [0.2, 0.25) is 5.91 Å². The van der Waals surface area contributed by atoms with Crippen molar-refractivity contribution < 1.29 is 9.53 Å². The van der Waals surface area contributed by atoms with Gasteiger partial charge in [-0.25, -0.2) is 0 Å². The Bertz CT molecular complexity index is 642. The molecule has 0 radical (unpaired) electrons. The number of anilines is 2. The van der Waals surface area contributed by atoms with Gasteiger partial charge in [0.15, 0.2) is 0 Å². The molecule has 2 aromatic rings. The first-order valence-corrected chi connectivity index (χ1v) is 7.46. The molecule has 0 fully saturated rings. The van der Waals surface area contributed by atoms with Crippen LogP contribution in [0.1, 0.15) is 24.5 Å². The van der Waals surface area contributed by atoms with E-state index in [1.54, 1.807) is 12.1 Å². The van der Waals surface area contributed by atoms with Gasteiger partial charge in [-0.15, -0.1) is 12.4 Å². The second kappa shape index (κ2) is 9.06. The van der Waals surface area contributed by atoms with Crippen LogP contribution in [-0.2, 0) is 11.2 Å². The van der Waals surface area contributed by atoms with Gasteiger partial charge in [0.25, 0.3) is 0 Å². The highest BCUT2D eigenvalue weighted by atomic mass is 35.5. The van der Waals surface area contributed by atoms with Crippen LogP contribution in [0.2, 0.25) is 0 Å². The van der Waals surface area contributed by atoms with Crippen LogP contribution in [0.5, 0.6) is 5.75 Å². The molecule has 0 saturated carbocycles. The molecule has 2 aromatic carbocycles. The Hall–Kier alpha value is -2.20. The van der Waals surface area contributed by atoms with E-state index >= 15 is 0 Å². The molecular formula is C18H23ClN2O2. The zero-order valence-electron chi connectivity index (χ0n) is 13.5. The first-order chi connectivity index (χ1) is 10.6. The Kier molecular flexibility index (Phi) is 7.42. The number of halogens is 1. The summed E-state index contributed by atoms with van der Waals surface area (Å²) in [5.74, 6) is 0.641. The predicted molar refractivity (Wildman–Crippen MR) is 97.4 cm³/mol. The minimum atomic E-state index is -0.0741. The van der Waals surface area contributed by atoms with Crippen molar-refractivity contribution in [3.63, 3.8) is 0 Å². The van der Waals surface area contributed by atoms with E-state index in [9.17, 15) is 4.79 Å². The van der Waals surface area contributed by atoms with Gasteiger partial charge in [0.1, 0.15) is 5.75 Å². The number of rotatable bonds is 6. The van der Waals surface area contributed by atoms with E-state index in [-0.39, 0.29) is 18.3 Å². The summed E-state index contributed by atoms with van der Waals surface area (Å²) in [5.41, 5.74) is 9.07. The number of aryl methyl sites for hydroxylation is 1. The lowest BCUT2D eigenvalue weighted by Crippen LogP contribution is -2.15. The van der Waals surface area contributed by atoms with Crippen molar-refractivity contribution in [2.24, 2.45) is 0 Å². The Morgan fingerprint density at radius 2 is 1.87 bits per heavy atom. The van der Waals surface area contributed by atoms with Crippen molar-refractivity contribution >= 4 is 29.7 Å². The molecule has 2 rings (SSSR count). The van der Waals surface area contributed by atoms with Crippen LogP contribution in [0.4, 0.5) is 11.4 Å². The topological polar surface area (TPSA) is 64.3 Å². The number of nitrogen functional groups attached to an aromatic ring is 1. The van der Waals surface area contributed by atoms with Crippen LogP contribution < -0.4 is 15.8 Å². The fourth-order valence-corrected chi connectivity index (χ4v) is 2.08. The third kappa shape index (κ3) is 5.83. The van der Waals surface area contributed by atoms with Crippen molar-refractivity contribution in [1.29, 1.82) is 0 Å². The molecule has 0 atom stereocenters. The van der Waals surface area contributed by atoms with Gasteiger partial charge in [0, 0.05) is 5.69 Å². The minimum Gasteiger partial charge on any atom is -0.491 e. The SMILES string of the molecule is CCCOc1cc(C)ccc1NC(=O)Cc1ccc(N)cc1.Cl. The Morgan fingerprint density at radius 1 is 1.17 bits per heavy atom. The third-order valence-corrected chi connectivity index (χ3v) is 3.22. The summed E-state index contributed by atoms with van der Waals surface area (Å²) in [7, 11) is 0. The summed E-state index contributed by atoms with van der Waals surface area (Å²) in [5, 5.41) is 2.91. The van der Waals surface area contributed by atoms with E-state index in [0.29, 0.717) is 30.2 Å². The van der Waals surface area contributed by atoms with Gasteiger partial charge in [-0.1, -0.05) is 25.1 Å². The zero-order valence-corrected chi connectivity index (χ0v) is 14.3. The molecule has 4 nitrogen and oxygen atoms in total. The number of carbonyl (C=O) groups excluding carboxylic acids is 1. The molecule has 0 spiro atoms. The summed E-state index contributed by atoms with van der Waals surface area (Å²) in [6, 6.07) is 13.1. The monoisotopic (exact) mass is 334 g/mol. The van der Waals surface area contributed by atoms with E-state index in [4.69, 9.17) is 10.5 Å². The van der Waals surface area contributed by atoms with Crippen molar-refractivity contribution in [3.05, 3.63) is 53.6 Å². The van der Waals surface area contributed by atoms with Crippen LogP contribution in [0.15, 0.2) is 42.5 Å².